The van der Waals surface area contributed by atoms with Crippen molar-refractivity contribution in [2.24, 2.45) is 0 Å². The second-order valence-electron chi connectivity index (χ2n) is 4.74. The van der Waals surface area contributed by atoms with Crippen LogP contribution in [0.4, 0.5) is 0 Å². The molecule has 1 N–H and O–H groups in total. The molecule has 3 heteroatoms. The molecule has 0 aliphatic heterocycles. The molecular formula is C12H14N2O. The third-order valence-electron chi connectivity index (χ3n) is 2.52. The summed E-state index contributed by atoms with van der Waals surface area (Å²) in [5.74, 6) is 0. The van der Waals surface area contributed by atoms with E-state index in [1.54, 1.807) is 0 Å². The van der Waals surface area contributed by atoms with Crippen LogP contribution in [0, 0.1) is 0 Å². The monoisotopic (exact) mass is 202 g/mol. The Morgan fingerprint density at radius 3 is 2.67 bits per heavy atom. The van der Waals surface area contributed by atoms with Gasteiger partial charge in [0.1, 0.15) is 0 Å². The maximum Gasteiger partial charge on any atom is 0.207 e. The van der Waals surface area contributed by atoms with Crippen molar-refractivity contribution >= 4 is 10.9 Å². The molecule has 0 atom stereocenters. The molecule has 0 saturated carbocycles. The lowest BCUT2D eigenvalue weighted by Crippen LogP contribution is -2.12. The number of aromatic nitrogens is 2. The first-order valence-electron chi connectivity index (χ1n) is 4.96. The van der Waals surface area contributed by atoms with Gasteiger partial charge in [0.2, 0.25) is 5.43 Å². The molecule has 1 aromatic heterocycles. The van der Waals surface area contributed by atoms with Crippen molar-refractivity contribution in [3.8, 4) is 0 Å². The van der Waals surface area contributed by atoms with Crippen molar-refractivity contribution in [3.63, 3.8) is 0 Å². The fraction of sp³-hybridized carbons (Fsp3) is 0.333. The zero-order valence-electron chi connectivity index (χ0n) is 9.16. The zero-order chi connectivity index (χ0) is 11.1. The third kappa shape index (κ3) is 1.77. The van der Waals surface area contributed by atoms with Crippen LogP contribution in [-0.2, 0) is 5.41 Å². The van der Waals surface area contributed by atoms with Gasteiger partial charge in [-0.05, 0) is 23.1 Å². The number of nitrogens with one attached hydrogen (secondary N) is 1. The Kier molecular flexibility index (Phi) is 2.11. The van der Waals surface area contributed by atoms with Gasteiger partial charge in [0, 0.05) is 5.39 Å². The summed E-state index contributed by atoms with van der Waals surface area (Å²) in [6.45, 7) is 6.39. The quantitative estimate of drug-likeness (QED) is 0.712. The molecule has 0 spiro atoms. The number of nitrogens with zero attached hydrogens (tertiary/aromatic N) is 1. The minimum Gasteiger partial charge on any atom is -0.287 e. The van der Waals surface area contributed by atoms with Gasteiger partial charge in [-0.15, -0.1) is 0 Å². The molecule has 0 aliphatic carbocycles. The predicted octanol–water partition coefficient (Wildman–Crippen LogP) is 2.22. The van der Waals surface area contributed by atoms with Crippen LogP contribution in [0.3, 0.4) is 0 Å². The van der Waals surface area contributed by atoms with E-state index in [4.69, 9.17) is 0 Å². The van der Waals surface area contributed by atoms with Gasteiger partial charge in [-0.3, -0.25) is 9.89 Å². The smallest absolute Gasteiger partial charge is 0.207 e. The molecule has 0 aliphatic rings. The van der Waals surface area contributed by atoms with Crippen molar-refractivity contribution in [2.45, 2.75) is 26.2 Å². The average Bonchev–Trinajstić information content (AvgIpc) is 2.16. The van der Waals surface area contributed by atoms with Crippen LogP contribution in [0.1, 0.15) is 26.3 Å². The van der Waals surface area contributed by atoms with E-state index in [-0.39, 0.29) is 10.8 Å². The molecule has 1 heterocycles. The lowest BCUT2D eigenvalue weighted by Gasteiger charge is -2.19. The van der Waals surface area contributed by atoms with E-state index in [0.717, 1.165) is 11.1 Å². The van der Waals surface area contributed by atoms with Gasteiger partial charge < -0.3 is 0 Å². The molecule has 0 amide bonds. The summed E-state index contributed by atoms with van der Waals surface area (Å²) in [5.41, 5.74) is 1.97. The van der Waals surface area contributed by atoms with E-state index < -0.39 is 0 Å². The Morgan fingerprint density at radius 1 is 1.27 bits per heavy atom. The van der Waals surface area contributed by atoms with Crippen LogP contribution in [0.2, 0.25) is 0 Å². The second kappa shape index (κ2) is 3.19. The SMILES string of the molecule is CC(C)(C)c1ccc2[nH]ncc(=O)c2c1. The zero-order valence-corrected chi connectivity index (χ0v) is 9.16. The van der Waals surface area contributed by atoms with Gasteiger partial charge in [-0.1, -0.05) is 26.8 Å². The van der Waals surface area contributed by atoms with Gasteiger partial charge in [0.25, 0.3) is 0 Å². The Morgan fingerprint density at radius 2 is 2.00 bits per heavy atom. The highest BCUT2D eigenvalue weighted by Gasteiger charge is 2.14. The van der Waals surface area contributed by atoms with E-state index in [1.807, 2.05) is 18.2 Å². The molecule has 15 heavy (non-hydrogen) atoms. The highest BCUT2D eigenvalue weighted by atomic mass is 16.1. The van der Waals surface area contributed by atoms with Crippen LogP contribution in [0.5, 0.6) is 0 Å². The maximum absolute atomic E-state index is 11.6. The summed E-state index contributed by atoms with van der Waals surface area (Å²) >= 11 is 0. The van der Waals surface area contributed by atoms with Crippen LogP contribution < -0.4 is 5.43 Å². The number of hydrogen-bond acceptors (Lipinski definition) is 2. The molecule has 0 saturated heterocycles. The van der Waals surface area contributed by atoms with Crippen LogP contribution in [0.15, 0.2) is 29.2 Å². The van der Waals surface area contributed by atoms with Crippen molar-refractivity contribution in [3.05, 3.63) is 40.2 Å². The van der Waals surface area contributed by atoms with E-state index in [9.17, 15) is 4.79 Å². The molecule has 2 rings (SSSR count). The number of hydrogen-bond donors (Lipinski definition) is 1. The summed E-state index contributed by atoms with van der Waals surface area (Å²) in [5, 5.41) is 7.29. The van der Waals surface area contributed by atoms with Gasteiger partial charge in [-0.2, -0.15) is 5.10 Å². The highest BCUT2D eigenvalue weighted by molar-refractivity contribution is 5.78. The minimum absolute atomic E-state index is 0.0325. The maximum atomic E-state index is 11.6. The van der Waals surface area contributed by atoms with E-state index in [0.29, 0.717) is 5.39 Å². The number of H-pyrrole nitrogens is 1. The second-order valence-corrected chi connectivity index (χ2v) is 4.74. The summed E-state index contributed by atoms with van der Waals surface area (Å²) in [6, 6.07) is 5.88. The van der Waals surface area contributed by atoms with E-state index >= 15 is 0 Å². The average molecular weight is 202 g/mol. The van der Waals surface area contributed by atoms with Crippen molar-refractivity contribution in [1.29, 1.82) is 0 Å². The van der Waals surface area contributed by atoms with Gasteiger partial charge in [-0.25, -0.2) is 0 Å². The van der Waals surface area contributed by atoms with Gasteiger partial charge >= 0.3 is 0 Å². The lowest BCUT2D eigenvalue weighted by atomic mass is 9.86. The van der Waals surface area contributed by atoms with E-state index in [1.165, 1.54) is 6.20 Å². The van der Waals surface area contributed by atoms with Gasteiger partial charge in [0.05, 0.1) is 11.7 Å². The third-order valence-corrected chi connectivity index (χ3v) is 2.52. The summed E-state index contributed by atoms with van der Waals surface area (Å²) in [4.78, 5) is 11.6. The lowest BCUT2D eigenvalue weighted by molar-refractivity contribution is 0.591. The van der Waals surface area contributed by atoms with E-state index in [2.05, 4.69) is 31.0 Å². The number of fused-ring (bicyclic) bond motifs is 1. The summed E-state index contributed by atoms with van der Waals surface area (Å²) < 4.78 is 0. The predicted molar refractivity (Wildman–Crippen MR) is 61.1 cm³/mol. The molecule has 0 unspecified atom stereocenters. The molecule has 3 nitrogen and oxygen atoms in total. The molecule has 0 radical (unpaired) electrons. The normalized spacial score (nSPS) is 11.9. The Balaban J connectivity index is 2.76. The fourth-order valence-electron chi connectivity index (χ4n) is 1.54. The Labute approximate surface area is 88.1 Å². The van der Waals surface area contributed by atoms with Crippen molar-refractivity contribution < 1.29 is 0 Å². The molecule has 1 aromatic carbocycles. The van der Waals surface area contributed by atoms with Crippen molar-refractivity contribution in [2.75, 3.05) is 0 Å². The first-order chi connectivity index (χ1) is 6.98. The molecule has 2 aromatic rings. The molecule has 0 bridgehead atoms. The minimum atomic E-state index is -0.0325. The number of benzene rings is 1. The Bertz CT molecular complexity index is 549. The molecule has 78 valence electrons. The fourth-order valence-corrected chi connectivity index (χ4v) is 1.54. The standard InChI is InChI=1S/C12H14N2O/c1-12(2,3)8-4-5-10-9(6-8)11(15)7-13-14-10/h4-7H,1-3H3,(H,14,15). The number of rotatable bonds is 0. The Hall–Kier alpha value is -1.64. The summed E-state index contributed by atoms with van der Waals surface area (Å²) in [7, 11) is 0. The van der Waals surface area contributed by atoms with Crippen molar-refractivity contribution in [1.82, 2.24) is 10.2 Å². The summed E-state index contributed by atoms with van der Waals surface area (Å²) in [6.07, 6.45) is 1.31. The molecular weight excluding hydrogens is 188 g/mol. The van der Waals surface area contributed by atoms with Crippen LogP contribution in [0.25, 0.3) is 10.9 Å². The van der Waals surface area contributed by atoms with Crippen LogP contribution >= 0.6 is 0 Å². The van der Waals surface area contributed by atoms with Crippen LogP contribution in [-0.4, -0.2) is 10.2 Å². The molecule has 0 fully saturated rings. The van der Waals surface area contributed by atoms with Gasteiger partial charge in [0.15, 0.2) is 0 Å². The topological polar surface area (TPSA) is 45.8 Å². The largest absolute Gasteiger partial charge is 0.287 e. The first kappa shape index (κ1) is 9.90. The number of aromatic amines is 1. The first-order valence-corrected chi connectivity index (χ1v) is 4.96. The highest BCUT2D eigenvalue weighted by Crippen LogP contribution is 2.23.